The fourth-order valence-corrected chi connectivity index (χ4v) is 3.15. The molecule has 3 rings (SSSR count). The van der Waals surface area contributed by atoms with Crippen molar-refractivity contribution in [1.82, 2.24) is 15.1 Å². The van der Waals surface area contributed by atoms with Crippen LogP contribution in [0.5, 0.6) is 0 Å². The van der Waals surface area contributed by atoms with Gasteiger partial charge in [-0.1, -0.05) is 42.5 Å². The molecule has 0 bridgehead atoms. The van der Waals surface area contributed by atoms with E-state index in [0.29, 0.717) is 6.54 Å². The molecule has 2 aromatic carbocycles. The summed E-state index contributed by atoms with van der Waals surface area (Å²) in [6, 6.07) is 17.6. The Hall–Kier alpha value is -3.41. The number of carbonyl (C=O) groups is 2. The number of aromatic nitrogens is 2. The Morgan fingerprint density at radius 3 is 2.41 bits per heavy atom. The van der Waals surface area contributed by atoms with Crippen LogP contribution in [-0.2, 0) is 27.3 Å². The van der Waals surface area contributed by atoms with Gasteiger partial charge in [-0.3, -0.25) is 9.59 Å². The Kier molecular flexibility index (Phi) is 6.44. The van der Waals surface area contributed by atoms with Gasteiger partial charge in [-0.05, 0) is 44.0 Å². The molecule has 0 atom stereocenters. The lowest BCUT2D eigenvalue weighted by Gasteiger charge is -2.09. The van der Waals surface area contributed by atoms with Crippen LogP contribution in [0.25, 0.3) is 5.69 Å². The van der Waals surface area contributed by atoms with E-state index < -0.39 is 5.97 Å². The average molecular weight is 391 g/mol. The zero-order valence-corrected chi connectivity index (χ0v) is 16.9. The van der Waals surface area contributed by atoms with E-state index in [1.165, 1.54) is 0 Å². The second-order valence-electron chi connectivity index (χ2n) is 6.94. The molecule has 29 heavy (non-hydrogen) atoms. The van der Waals surface area contributed by atoms with Crippen LogP contribution < -0.4 is 5.32 Å². The number of esters is 1. The highest BCUT2D eigenvalue weighted by Crippen LogP contribution is 2.18. The lowest BCUT2D eigenvalue weighted by molar-refractivity contribution is -0.147. The minimum absolute atomic E-state index is 0.0789. The fourth-order valence-electron chi connectivity index (χ4n) is 3.15. The molecule has 0 saturated heterocycles. The van der Waals surface area contributed by atoms with Crippen molar-refractivity contribution < 1.29 is 14.3 Å². The summed E-state index contributed by atoms with van der Waals surface area (Å²) in [5, 5.41) is 7.30. The number of para-hydroxylation sites is 1. The van der Waals surface area contributed by atoms with Crippen molar-refractivity contribution >= 4 is 11.9 Å². The summed E-state index contributed by atoms with van der Waals surface area (Å²) in [7, 11) is 0. The van der Waals surface area contributed by atoms with Crippen molar-refractivity contribution in [2.45, 2.75) is 33.7 Å². The van der Waals surface area contributed by atoms with Crippen molar-refractivity contribution in [1.29, 1.82) is 0 Å². The molecule has 0 aliphatic carbocycles. The molecule has 0 spiro atoms. The van der Waals surface area contributed by atoms with Gasteiger partial charge in [-0.2, -0.15) is 5.10 Å². The number of nitrogens with one attached hydrogen (secondary N) is 1. The van der Waals surface area contributed by atoms with Crippen LogP contribution in [0.3, 0.4) is 0 Å². The van der Waals surface area contributed by atoms with E-state index in [0.717, 1.165) is 33.8 Å². The summed E-state index contributed by atoms with van der Waals surface area (Å²) in [5.74, 6) is -0.773. The maximum absolute atomic E-state index is 12.3. The highest BCUT2D eigenvalue weighted by atomic mass is 16.5. The van der Waals surface area contributed by atoms with Gasteiger partial charge in [0.2, 0.25) is 0 Å². The monoisotopic (exact) mass is 391 g/mol. The first-order valence-corrected chi connectivity index (χ1v) is 9.53. The van der Waals surface area contributed by atoms with Gasteiger partial charge in [-0.25, -0.2) is 4.68 Å². The van der Waals surface area contributed by atoms with Crippen LogP contribution in [-0.4, -0.2) is 28.3 Å². The predicted molar refractivity (Wildman–Crippen MR) is 111 cm³/mol. The molecular weight excluding hydrogens is 366 g/mol. The van der Waals surface area contributed by atoms with E-state index in [-0.39, 0.29) is 18.9 Å². The molecule has 3 aromatic rings. The first-order valence-electron chi connectivity index (χ1n) is 9.53. The average Bonchev–Trinajstić information content (AvgIpc) is 3.00. The molecule has 1 amide bonds. The largest absolute Gasteiger partial charge is 0.455 e. The topological polar surface area (TPSA) is 73.2 Å². The van der Waals surface area contributed by atoms with Gasteiger partial charge >= 0.3 is 5.97 Å². The van der Waals surface area contributed by atoms with Crippen molar-refractivity contribution in [2.75, 3.05) is 6.61 Å². The van der Waals surface area contributed by atoms with Gasteiger partial charge in [0.1, 0.15) is 0 Å². The Bertz CT molecular complexity index is 1010. The minimum Gasteiger partial charge on any atom is -0.455 e. The number of amides is 1. The molecule has 0 saturated carbocycles. The van der Waals surface area contributed by atoms with Crippen LogP contribution in [0.2, 0.25) is 0 Å². The molecule has 6 heteroatoms. The molecule has 6 nitrogen and oxygen atoms in total. The quantitative estimate of drug-likeness (QED) is 0.628. The van der Waals surface area contributed by atoms with Crippen LogP contribution >= 0.6 is 0 Å². The summed E-state index contributed by atoms with van der Waals surface area (Å²) in [5.41, 5.74) is 5.54. The summed E-state index contributed by atoms with van der Waals surface area (Å²) < 4.78 is 6.98. The van der Waals surface area contributed by atoms with Gasteiger partial charge in [0.15, 0.2) is 6.61 Å². The molecular formula is C23H25N3O3. The van der Waals surface area contributed by atoms with Crippen LogP contribution in [0.1, 0.15) is 28.1 Å². The van der Waals surface area contributed by atoms with Crippen molar-refractivity contribution in [2.24, 2.45) is 0 Å². The number of nitrogens with zero attached hydrogens (tertiary/aromatic N) is 2. The number of aryl methyl sites for hydroxylation is 2. The maximum Gasteiger partial charge on any atom is 0.310 e. The highest BCUT2D eigenvalue weighted by Gasteiger charge is 2.17. The van der Waals surface area contributed by atoms with E-state index >= 15 is 0 Å². The van der Waals surface area contributed by atoms with E-state index in [1.54, 1.807) is 0 Å². The number of ether oxygens (including phenoxy) is 1. The number of benzene rings is 2. The first-order chi connectivity index (χ1) is 14.0. The van der Waals surface area contributed by atoms with E-state index in [1.807, 2.05) is 80.1 Å². The van der Waals surface area contributed by atoms with Crippen molar-refractivity contribution in [3.63, 3.8) is 0 Å². The fraction of sp³-hybridized carbons (Fsp3) is 0.261. The zero-order valence-electron chi connectivity index (χ0n) is 16.9. The Morgan fingerprint density at radius 2 is 1.69 bits per heavy atom. The lowest BCUT2D eigenvalue weighted by atomic mass is 10.1. The van der Waals surface area contributed by atoms with Gasteiger partial charge in [-0.15, -0.1) is 0 Å². The second-order valence-corrected chi connectivity index (χ2v) is 6.94. The number of hydrogen-bond acceptors (Lipinski definition) is 4. The number of carbonyl (C=O) groups excluding carboxylic acids is 2. The SMILES string of the molecule is Cc1ccccc1CNC(=O)COC(=O)Cc1c(C)nn(-c2ccccc2)c1C. The summed E-state index contributed by atoms with van der Waals surface area (Å²) in [6.45, 7) is 5.89. The smallest absolute Gasteiger partial charge is 0.310 e. The molecule has 0 fully saturated rings. The van der Waals surface area contributed by atoms with E-state index in [9.17, 15) is 9.59 Å². The standard InChI is InChI=1S/C23H25N3O3/c1-16-9-7-8-10-19(16)14-24-22(27)15-29-23(28)13-21-17(2)25-26(18(21)3)20-11-5-4-6-12-20/h4-12H,13-15H2,1-3H3,(H,24,27). The van der Waals surface area contributed by atoms with Crippen LogP contribution in [0, 0.1) is 20.8 Å². The van der Waals surface area contributed by atoms with Gasteiger partial charge in [0, 0.05) is 17.8 Å². The number of hydrogen-bond donors (Lipinski definition) is 1. The lowest BCUT2D eigenvalue weighted by Crippen LogP contribution is -2.29. The van der Waals surface area contributed by atoms with Gasteiger partial charge < -0.3 is 10.1 Å². The predicted octanol–water partition coefficient (Wildman–Crippen LogP) is 3.20. The third-order valence-corrected chi connectivity index (χ3v) is 4.86. The molecule has 150 valence electrons. The molecule has 1 aromatic heterocycles. The number of rotatable bonds is 7. The van der Waals surface area contributed by atoms with Crippen LogP contribution in [0.15, 0.2) is 54.6 Å². The Balaban J connectivity index is 1.54. The molecule has 1 N–H and O–H groups in total. The first kappa shape index (κ1) is 20.3. The van der Waals surface area contributed by atoms with E-state index in [2.05, 4.69) is 10.4 Å². The van der Waals surface area contributed by atoms with Crippen molar-refractivity contribution in [3.05, 3.63) is 82.7 Å². The third kappa shape index (κ3) is 5.10. The normalized spacial score (nSPS) is 10.6. The minimum atomic E-state index is -0.449. The molecule has 0 radical (unpaired) electrons. The molecule has 0 aliphatic rings. The van der Waals surface area contributed by atoms with Crippen molar-refractivity contribution in [3.8, 4) is 5.69 Å². The Morgan fingerprint density at radius 1 is 1.00 bits per heavy atom. The third-order valence-electron chi connectivity index (χ3n) is 4.86. The molecule has 0 unspecified atom stereocenters. The molecule has 1 heterocycles. The zero-order chi connectivity index (χ0) is 20.8. The van der Waals surface area contributed by atoms with E-state index in [4.69, 9.17) is 4.74 Å². The summed E-state index contributed by atoms with van der Waals surface area (Å²) >= 11 is 0. The van der Waals surface area contributed by atoms with Crippen LogP contribution in [0.4, 0.5) is 0 Å². The maximum atomic E-state index is 12.3. The Labute approximate surface area is 170 Å². The van der Waals surface area contributed by atoms with Gasteiger partial charge in [0.25, 0.3) is 5.91 Å². The van der Waals surface area contributed by atoms with Gasteiger partial charge in [0.05, 0.1) is 17.8 Å². The highest BCUT2D eigenvalue weighted by molar-refractivity contribution is 5.81. The summed E-state index contributed by atoms with van der Waals surface area (Å²) in [6.07, 6.45) is 0.0789. The second kappa shape index (κ2) is 9.19. The summed E-state index contributed by atoms with van der Waals surface area (Å²) in [4.78, 5) is 24.3. The molecule has 0 aliphatic heterocycles.